The van der Waals surface area contributed by atoms with Gasteiger partial charge in [-0.15, -0.1) is 0 Å². The first kappa shape index (κ1) is 17.8. The van der Waals surface area contributed by atoms with E-state index < -0.39 is 24.2 Å². The molecule has 0 amide bonds. The summed E-state index contributed by atoms with van der Waals surface area (Å²) in [5, 5.41) is 13.1. The molecule has 1 saturated heterocycles. The molecule has 23 heavy (non-hydrogen) atoms. The lowest BCUT2D eigenvalue weighted by atomic mass is 9.93. The molecule has 130 valence electrons. The molecule has 0 radical (unpaired) electrons. The Morgan fingerprint density at radius 1 is 1.48 bits per heavy atom. The molecule has 0 aromatic carbocycles. The summed E-state index contributed by atoms with van der Waals surface area (Å²) in [5.74, 6) is -4.83. The van der Waals surface area contributed by atoms with Gasteiger partial charge in [0.25, 0.3) is 5.92 Å². The van der Waals surface area contributed by atoms with Gasteiger partial charge in [-0.05, 0) is 24.4 Å². The number of aliphatic carboxylic acids is 1. The van der Waals surface area contributed by atoms with Crippen LogP contribution in [0.15, 0.2) is 6.20 Å². The van der Waals surface area contributed by atoms with Crippen molar-refractivity contribution < 1.29 is 18.7 Å². The summed E-state index contributed by atoms with van der Waals surface area (Å²) in [5.41, 5.74) is 2.17. The lowest BCUT2D eigenvalue weighted by Crippen LogP contribution is -2.30. The fraction of sp³-hybridized carbons (Fsp3) is 0.750. The summed E-state index contributed by atoms with van der Waals surface area (Å²) in [6, 6.07) is 0. The van der Waals surface area contributed by atoms with Gasteiger partial charge < -0.3 is 5.11 Å². The molecule has 0 bridgehead atoms. The molecular weight excluding hydrogens is 304 g/mol. The van der Waals surface area contributed by atoms with Gasteiger partial charge in [-0.1, -0.05) is 13.8 Å². The normalized spacial score (nSPS) is 22.3. The first-order chi connectivity index (χ1) is 10.7. The van der Waals surface area contributed by atoms with E-state index in [0.717, 1.165) is 11.3 Å². The Morgan fingerprint density at radius 3 is 2.78 bits per heavy atom. The highest BCUT2D eigenvalue weighted by atomic mass is 19.3. The molecule has 1 N–H and O–H groups in total. The Hall–Kier alpha value is -1.50. The summed E-state index contributed by atoms with van der Waals surface area (Å²) >= 11 is 0. The van der Waals surface area contributed by atoms with E-state index in [-0.39, 0.29) is 19.4 Å². The molecule has 1 aromatic heterocycles. The van der Waals surface area contributed by atoms with Crippen LogP contribution in [0.1, 0.15) is 50.3 Å². The summed E-state index contributed by atoms with van der Waals surface area (Å²) in [6.45, 7) is 5.49. The molecule has 5 nitrogen and oxygen atoms in total. The van der Waals surface area contributed by atoms with Gasteiger partial charge in [0.2, 0.25) is 0 Å². The molecule has 1 aromatic rings. The number of aromatic nitrogens is 2. The number of aryl methyl sites for hydroxylation is 1. The van der Waals surface area contributed by atoms with E-state index >= 15 is 0 Å². The van der Waals surface area contributed by atoms with Crippen molar-refractivity contribution >= 4 is 5.97 Å². The number of hydrogen-bond donors (Lipinski definition) is 1. The third-order valence-corrected chi connectivity index (χ3v) is 4.66. The highest BCUT2D eigenvalue weighted by Gasteiger charge is 2.42. The summed E-state index contributed by atoms with van der Waals surface area (Å²) in [6.07, 6.45) is 1.28. The maximum Gasteiger partial charge on any atom is 0.303 e. The molecule has 0 aliphatic carbocycles. The number of carboxylic acid groups (broad SMARTS) is 1. The van der Waals surface area contributed by atoms with Gasteiger partial charge in [0.15, 0.2) is 0 Å². The minimum Gasteiger partial charge on any atom is -0.481 e. The average molecular weight is 329 g/mol. The topological polar surface area (TPSA) is 58.4 Å². The van der Waals surface area contributed by atoms with E-state index in [9.17, 15) is 13.6 Å². The fourth-order valence-electron chi connectivity index (χ4n) is 3.16. The van der Waals surface area contributed by atoms with Crippen LogP contribution in [0.2, 0.25) is 0 Å². The SMILES string of the molecule is CC(C)c1cnn(C)c1CN1CCC(CC(=O)O)C(F)(F)CC1. The highest BCUT2D eigenvalue weighted by Crippen LogP contribution is 2.36. The molecule has 1 aliphatic rings. The Labute approximate surface area is 135 Å². The molecule has 1 fully saturated rings. The number of nitrogens with zero attached hydrogens (tertiary/aromatic N) is 3. The number of carbonyl (C=O) groups is 1. The molecular formula is C16H25F2N3O2. The van der Waals surface area contributed by atoms with Crippen LogP contribution in [0.3, 0.4) is 0 Å². The smallest absolute Gasteiger partial charge is 0.303 e. The lowest BCUT2D eigenvalue weighted by molar-refractivity contribution is -0.143. The van der Waals surface area contributed by atoms with Gasteiger partial charge in [0.1, 0.15) is 0 Å². The minimum absolute atomic E-state index is 0.203. The van der Waals surface area contributed by atoms with Crippen LogP contribution in [0.4, 0.5) is 8.78 Å². The zero-order valence-corrected chi connectivity index (χ0v) is 13.9. The molecule has 2 rings (SSSR count). The van der Waals surface area contributed by atoms with E-state index in [2.05, 4.69) is 18.9 Å². The average Bonchev–Trinajstić information content (AvgIpc) is 2.74. The second kappa shape index (κ2) is 6.95. The van der Waals surface area contributed by atoms with Crippen molar-refractivity contribution in [1.29, 1.82) is 0 Å². The molecule has 1 unspecified atom stereocenters. The summed E-state index contributed by atoms with van der Waals surface area (Å²) < 4.78 is 30.0. The summed E-state index contributed by atoms with van der Waals surface area (Å²) in [7, 11) is 1.86. The third kappa shape index (κ3) is 4.28. The zero-order valence-electron chi connectivity index (χ0n) is 13.9. The Morgan fingerprint density at radius 2 is 2.17 bits per heavy atom. The largest absolute Gasteiger partial charge is 0.481 e. The van der Waals surface area contributed by atoms with Gasteiger partial charge in [0, 0.05) is 32.5 Å². The van der Waals surface area contributed by atoms with Gasteiger partial charge in [-0.2, -0.15) is 5.10 Å². The monoisotopic (exact) mass is 329 g/mol. The number of alkyl halides is 2. The van der Waals surface area contributed by atoms with Crippen LogP contribution in [0.25, 0.3) is 0 Å². The first-order valence-corrected chi connectivity index (χ1v) is 8.03. The Kier molecular flexibility index (Phi) is 5.39. The van der Waals surface area contributed by atoms with Crippen LogP contribution >= 0.6 is 0 Å². The Balaban J connectivity index is 2.09. The van der Waals surface area contributed by atoms with Crippen molar-refractivity contribution in [2.75, 3.05) is 13.1 Å². The second-order valence-corrected chi connectivity index (χ2v) is 6.70. The van der Waals surface area contributed by atoms with Gasteiger partial charge in [-0.3, -0.25) is 14.4 Å². The molecule has 2 heterocycles. The van der Waals surface area contributed by atoms with E-state index in [4.69, 9.17) is 5.11 Å². The van der Waals surface area contributed by atoms with Crippen molar-refractivity contribution in [3.63, 3.8) is 0 Å². The molecule has 0 spiro atoms. The molecule has 7 heteroatoms. The van der Waals surface area contributed by atoms with E-state index in [1.165, 1.54) is 0 Å². The van der Waals surface area contributed by atoms with E-state index in [1.54, 1.807) is 4.68 Å². The van der Waals surface area contributed by atoms with Gasteiger partial charge >= 0.3 is 5.97 Å². The van der Waals surface area contributed by atoms with E-state index in [1.807, 2.05) is 18.1 Å². The number of hydrogen-bond acceptors (Lipinski definition) is 3. The van der Waals surface area contributed by atoms with Crippen LogP contribution in [-0.4, -0.2) is 44.8 Å². The van der Waals surface area contributed by atoms with Crippen LogP contribution in [0.5, 0.6) is 0 Å². The molecule has 1 aliphatic heterocycles. The Bertz CT molecular complexity index is 558. The number of carboxylic acids is 1. The number of likely N-dealkylation sites (tertiary alicyclic amines) is 1. The zero-order chi connectivity index (χ0) is 17.2. The van der Waals surface area contributed by atoms with Gasteiger partial charge in [-0.25, -0.2) is 8.78 Å². The molecule has 1 atom stereocenters. The van der Waals surface area contributed by atoms with Crippen LogP contribution in [0, 0.1) is 5.92 Å². The predicted molar refractivity (Wildman–Crippen MR) is 82.5 cm³/mol. The van der Waals surface area contributed by atoms with Crippen molar-refractivity contribution in [3.8, 4) is 0 Å². The highest BCUT2D eigenvalue weighted by molar-refractivity contribution is 5.67. The lowest BCUT2D eigenvalue weighted by Gasteiger charge is -2.22. The van der Waals surface area contributed by atoms with Crippen LogP contribution < -0.4 is 0 Å². The van der Waals surface area contributed by atoms with Crippen molar-refractivity contribution in [1.82, 2.24) is 14.7 Å². The van der Waals surface area contributed by atoms with E-state index in [0.29, 0.717) is 19.0 Å². The van der Waals surface area contributed by atoms with Crippen molar-refractivity contribution in [2.24, 2.45) is 13.0 Å². The maximum atomic E-state index is 14.1. The van der Waals surface area contributed by atoms with Crippen LogP contribution in [-0.2, 0) is 18.4 Å². The minimum atomic E-state index is -2.92. The second-order valence-electron chi connectivity index (χ2n) is 6.70. The predicted octanol–water partition coefficient (Wildman–Crippen LogP) is 2.87. The standard InChI is InChI=1S/C16H25F2N3O2/c1-11(2)13-9-19-20(3)14(13)10-21-6-4-12(8-15(22)23)16(17,18)5-7-21/h9,11-12H,4-8,10H2,1-3H3,(H,22,23). The number of rotatable bonds is 5. The quantitative estimate of drug-likeness (QED) is 0.902. The van der Waals surface area contributed by atoms with Crippen molar-refractivity contribution in [3.05, 3.63) is 17.5 Å². The fourth-order valence-corrected chi connectivity index (χ4v) is 3.16. The maximum absolute atomic E-state index is 14.1. The van der Waals surface area contributed by atoms with Crippen molar-refractivity contribution in [2.45, 2.75) is 51.5 Å². The number of halogens is 2. The first-order valence-electron chi connectivity index (χ1n) is 8.03. The van der Waals surface area contributed by atoms with Gasteiger partial charge in [0.05, 0.1) is 18.3 Å². The third-order valence-electron chi connectivity index (χ3n) is 4.66. The summed E-state index contributed by atoms with van der Waals surface area (Å²) in [4.78, 5) is 12.8. The molecule has 0 saturated carbocycles.